The van der Waals surface area contributed by atoms with Crippen LogP contribution in [-0.2, 0) is 26.3 Å². The molecule has 0 aliphatic rings. The molecule has 1 radical (unpaired) electrons. The van der Waals surface area contributed by atoms with Crippen LogP contribution in [0.3, 0.4) is 0 Å². The summed E-state index contributed by atoms with van der Waals surface area (Å²) in [6.07, 6.45) is -1.15. The fraction of sp³-hybridized carbons (Fsp3) is 0.0256. The summed E-state index contributed by atoms with van der Waals surface area (Å²) in [4.78, 5) is 8.46. The fourth-order valence-corrected chi connectivity index (χ4v) is 4.93. The maximum atomic E-state index is 13.7. The van der Waals surface area contributed by atoms with Crippen LogP contribution in [0.5, 0.6) is 0 Å². The molecule has 0 aliphatic carbocycles. The molecule has 2 heterocycles. The zero-order valence-corrected chi connectivity index (χ0v) is 26.5. The number of halogens is 4. The molecule has 0 spiro atoms. The second-order valence-electron chi connectivity index (χ2n) is 10.1. The van der Waals surface area contributed by atoms with Crippen molar-refractivity contribution in [1.29, 1.82) is 0 Å². The molecule has 2 nitrogen and oxygen atoms in total. The normalized spacial score (nSPS) is 10.9. The van der Waals surface area contributed by atoms with E-state index in [-0.39, 0.29) is 31.3 Å². The minimum Gasteiger partial charge on any atom is -0.305 e. The van der Waals surface area contributed by atoms with Crippen LogP contribution < -0.4 is 0 Å². The first kappa shape index (κ1) is 32.4. The number of rotatable bonds is 4. The average Bonchev–Trinajstić information content (AvgIpc) is 3.09. The Labute approximate surface area is 277 Å². The van der Waals surface area contributed by atoms with Gasteiger partial charge in [-0.05, 0) is 45.6 Å². The number of nitrogens with zero attached hydrogens (tertiary/aromatic N) is 2. The number of hydrogen-bond acceptors (Lipinski definition) is 2. The van der Waals surface area contributed by atoms with Gasteiger partial charge in [0.2, 0.25) is 0 Å². The van der Waals surface area contributed by atoms with Crippen molar-refractivity contribution in [2.75, 3.05) is 0 Å². The molecular formula is C39H24F4IrN2-2. The van der Waals surface area contributed by atoms with Gasteiger partial charge >= 0.3 is 6.18 Å². The van der Waals surface area contributed by atoms with Crippen molar-refractivity contribution in [3.63, 3.8) is 0 Å². The topological polar surface area (TPSA) is 25.8 Å². The quantitative estimate of drug-likeness (QED) is 0.131. The molecule has 7 heteroatoms. The van der Waals surface area contributed by atoms with Gasteiger partial charge in [-0.25, -0.2) is 0 Å². The molecule has 229 valence electrons. The summed E-state index contributed by atoms with van der Waals surface area (Å²) in [5.74, 6) is -0.278. The number of pyridine rings is 2. The molecule has 5 aromatic carbocycles. The van der Waals surface area contributed by atoms with Crippen molar-refractivity contribution in [3.05, 3.63) is 169 Å². The Kier molecular flexibility index (Phi) is 10.2. The Morgan fingerprint density at radius 1 is 0.543 bits per heavy atom. The summed E-state index contributed by atoms with van der Waals surface area (Å²) in [6.45, 7) is 0. The molecule has 0 saturated heterocycles. The van der Waals surface area contributed by atoms with Gasteiger partial charge in [0.05, 0.1) is 0 Å². The molecule has 7 aromatic rings. The third-order valence-electron chi connectivity index (χ3n) is 7.16. The van der Waals surface area contributed by atoms with Crippen LogP contribution in [0.2, 0.25) is 0 Å². The molecule has 2 aromatic heterocycles. The smallest absolute Gasteiger partial charge is 0.305 e. The van der Waals surface area contributed by atoms with Crippen LogP contribution in [0.1, 0.15) is 5.56 Å². The average molecular weight is 789 g/mol. The standard InChI is InChI=1S/C28H17F3N.C11H7FN.Ir/c29-28(30,31)26-17-24(16-23-8-4-5-9-25(23)26)27-18-22(14-15-32-27)21-12-10-20(11-13-21)19-6-2-1-3-7-19;12-10-6-4-9(5-7-10)11-3-1-2-8-13-11;/h1-15,17-18H;1-4,6-8H;/q2*-1;. The molecule has 0 N–H and O–H groups in total. The summed E-state index contributed by atoms with van der Waals surface area (Å²) < 4.78 is 53.7. The maximum Gasteiger partial charge on any atom is 0.403 e. The van der Waals surface area contributed by atoms with E-state index in [1.54, 1.807) is 42.7 Å². The van der Waals surface area contributed by atoms with E-state index in [2.05, 4.69) is 22.1 Å². The minimum absolute atomic E-state index is 0. The van der Waals surface area contributed by atoms with Crippen molar-refractivity contribution in [3.8, 4) is 44.8 Å². The zero-order chi connectivity index (χ0) is 31.2. The number of alkyl halides is 3. The van der Waals surface area contributed by atoms with Crippen molar-refractivity contribution >= 4 is 10.8 Å². The first-order chi connectivity index (χ1) is 21.8. The summed E-state index contributed by atoms with van der Waals surface area (Å²) in [7, 11) is 0. The third-order valence-corrected chi connectivity index (χ3v) is 7.16. The molecular weight excluding hydrogens is 765 g/mol. The number of aromatic nitrogens is 2. The predicted molar refractivity (Wildman–Crippen MR) is 170 cm³/mol. The largest absolute Gasteiger partial charge is 0.403 e. The molecule has 0 saturated carbocycles. The van der Waals surface area contributed by atoms with Gasteiger partial charge < -0.3 is 4.98 Å². The number of hydrogen-bond donors (Lipinski definition) is 0. The first-order valence-corrected chi connectivity index (χ1v) is 14.1. The number of fused-ring (bicyclic) bond motifs is 1. The van der Waals surface area contributed by atoms with Crippen LogP contribution in [-0.4, -0.2) is 9.97 Å². The fourth-order valence-electron chi connectivity index (χ4n) is 4.93. The summed E-state index contributed by atoms with van der Waals surface area (Å²) in [5.41, 5.74) is 5.77. The molecule has 0 bridgehead atoms. The molecule has 0 aliphatic heterocycles. The van der Waals surface area contributed by atoms with E-state index in [4.69, 9.17) is 0 Å². The summed E-state index contributed by atoms with van der Waals surface area (Å²) >= 11 is 0. The molecule has 46 heavy (non-hydrogen) atoms. The van der Waals surface area contributed by atoms with Crippen molar-refractivity contribution < 1.29 is 37.7 Å². The van der Waals surface area contributed by atoms with Crippen LogP contribution >= 0.6 is 0 Å². The van der Waals surface area contributed by atoms with Gasteiger partial charge in [0.1, 0.15) is 0 Å². The van der Waals surface area contributed by atoms with Gasteiger partial charge in [0, 0.05) is 44.0 Å². The van der Waals surface area contributed by atoms with Gasteiger partial charge in [0.15, 0.2) is 0 Å². The molecule has 0 fully saturated rings. The van der Waals surface area contributed by atoms with Gasteiger partial charge in [-0.15, -0.1) is 53.4 Å². The van der Waals surface area contributed by atoms with E-state index in [1.807, 2.05) is 78.9 Å². The third kappa shape index (κ3) is 7.63. The number of benzene rings is 5. The second kappa shape index (κ2) is 14.4. The SMILES string of the molecule is FC(F)(F)c1cc(-c2cc(-c3ccc(-c4ccccc4)cc3)ccn2)[c-]c2ccccc12.Fc1c[c-]c(-c2ccccn2)cc1.[Ir]. The predicted octanol–water partition coefficient (Wildman–Crippen LogP) is 10.7. The summed E-state index contributed by atoms with van der Waals surface area (Å²) in [6, 6.07) is 45.2. The van der Waals surface area contributed by atoms with Crippen LogP contribution in [0.25, 0.3) is 55.5 Å². The molecule has 0 amide bonds. The zero-order valence-electron chi connectivity index (χ0n) is 24.1. The minimum atomic E-state index is -4.46. The monoisotopic (exact) mass is 789 g/mol. The van der Waals surface area contributed by atoms with E-state index in [1.165, 1.54) is 18.2 Å². The van der Waals surface area contributed by atoms with Crippen molar-refractivity contribution in [1.82, 2.24) is 9.97 Å². The Hall–Kier alpha value is -4.97. The maximum absolute atomic E-state index is 13.7. The van der Waals surface area contributed by atoms with Gasteiger partial charge in [-0.3, -0.25) is 9.37 Å². The van der Waals surface area contributed by atoms with Crippen LogP contribution in [0, 0.1) is 17.9 Å². The molecule has 7 rings (SSSR count). The molecule has 0 unspecified atom stereocenters. The Morgan fingerprint density at radius 2 is 1.20 bits per heavy atom. The van der Waals surface area contributed by atoms with Gasteiger partial charge in [-0.1, -0.05) is 102 Å². The van der Waals surface area contributed by atoms with E-state index >= 15 is 0 Å². The Balaban J connectivity index is 0.000000250. The summed E-state index contributed by atoms with van der Waals surface area (Å²) in [5, 5.41) is 0.549. The van der Waals surface area contributed by atoms with E-state index in [0.717, 1.165) is 39.6 Å². The Morgan fingerprint density at radius 3 is 1.87 bits per heavy atom. The first-order valence-electron chi connectivity index (χ1n) is 14.1. The van der Waals surface area contributed by atoms with Crippen molar-refractivity contribution in [2.45, 2.75) is 6.18 Å². The second-order valence-corrected chi connectivity index (χ2v) is 10.1. The van der Waals surface area contributed by atoms with E-state index < -0.39 is 11.7 Å². The van der Waals surface area contributed by atoms with Crippen LogP contribution in [0.4, 0.5) is 17.6 Å². The van der Waals surface area contributed by atoms with Gasteiger partial charge in [-0.2, -0.15) is 13.2 Å². The van der Waals surface area contributed by atoms with Crippen LogP contribution in [0.15, 0.2) is 146 Å². The molecule has 0 atom stereocenters. The van der Waals surface area contributed by atoms with Crippen molar-refractivity contribution in [2.24, 2.45) is 0 Å². The van der Waals surface area contributed by atoms with Gasteiger partial charge in [0.25, 0.3) is 0 Å². The van der Waals surface area contributed by atoms with E-state index in [0.29, 0.717) is 16.6 Å². The van der Waals surface area contributed by atoms with E-state index in [9.17, 15) is 17.6 Å². The Bertz CT molecular complexity index is 2030.